The number of hydrogen-bond acceptors (Lipinski definition) is 9. The first-order valence-corrected chi connectivity index (χ1v) is 11.5. The lowest BCUT2D eigenvalue weighted by Crippen LogP contribution is -2.16. The smallest absolute Gasteiger partial charge is 0.341 e. The number of methoxy groups -OCH3 is 1. The summed E-state index contributed by atoms with van der Waals surface area (Å²) in [6, 6.07) is 7.67. The van der Waals surface area contributed by atoms with Crippen LogP contribution in [0, 0.1) is 13.8 Å². The molecule has 3 aromatic rings. The number of amides is 2. The van der Waals surface area contributed by atoms with Gasteiger partial charge in [-0.25, -0.2) is 4.79 Å². The Bertz CT molecular complexity index is 1200. The van der Waals surface area contributed by atoms with Crippen molar-refractivity contribution in [2.45, 2.75) is 25.6 Å². The first-order valence-electron chi connectivity index (χ1n) is 9.73. The Labute approximate surface area is 198 Å². The number of thioether (sulfide) groups is 1. The number of anilines is 1. The second-order valence-electron chi connectivity index (χ2n) is 6.96. The number of nitrogens with zero attached hydrogens (tertiary/aromatic N) is 3. The molecule has 0 radical (unpaired) electrons. The van der Waals surface area contributed by atoms with Crippen LogP contribution in [-0.4, -0.2) is 45.4 Å². The molecule has 174 valence electrons. The molecule has 10 nitrogen and oxygen atoms in total. The zero-order chi connectivity index (χ0) is 24.1. The van der Waals surface area contributed by atoms with Gasteiger partial charge in [0, 0.05) is 7.05 Å². The third-order valence-corrected chi connectivity index (χ3v) is 6.96. The van der Waals surface area contributed by atoms with E-state index in [0.717, 1.165) is 22.6 Å². The molecule has 0 aliphatic carbocycles. The standard InChI is InChI=1S/C21H23N5O5S2/c1-11-7-5-6-8-13(11)31-9-14-24-25-21(26(14)3)32-10-15(27)23-19-16(20(29)30-4)12(2)17(33-19)18(22)28/h5-8H,9-10H2,1-4H3,(H2,22,28)(H,23,27). The Morgan fingerprint density at radius 1 is 1.21 bits per heavy atom. The summed E-state index contributed by atoms with van der Waals surface area (Å²) < 4.78 is 12.3. The molecule has 0 aliphatic rings. The molecular formula is C21H23N5O5S2. The van der Waals surface area contributed by atoms with Crippen molar-refractivity contribution in [1.29, 1.82) is 0 Å². The lowest BCUT2D eigenvalue weighted by atomic mass is 10.1. The molecule has 2 heterocycles. The van der Waals surface area contributed by atoms with Crippen molar-refractivity contribution >= 4 is 45.9 Å². The maximum absolute atomic E-state index is 12.5. The molecular weight excluding hydrogens is 466 g/mol. The van der Waals surface area contributed by atoms with Crippen molar-refractivity contribution in [3.63, 3.8) is 0 Å². The van der Waals surface area contributed by atoms with Crippen LogP contribution in [0.25, 0.3) is 0 Å². The van der Waals surface area contributed by atoms with Gasteiger partial charge in [0.2, 0.25) is 5.91 Å². The second-order valence-corrected chi connectivity index (χ2v) is 8.93. The van der Waals surface area contributed by atoms with Gasteiger partial charge in [0.15, 0.2) is 11.0 Å². The van der Waals surface area contributed by atoms with Crippen LogP contribution in [0.15, 0.2) is 29.4 Å². The number of para-hydroxylation sites is 1. The number of primary amides is 1. The molecule has 0 spiro atoms. The number of ether oxygens (including phenoxy) is 2. The minimum absolute atomic E-state index is 0.00802. The molecule has 3 rings (SSSR count). The predicted octanol–water partition coefficient (Wildman–Crippen LogP) is 2.69. The zero-order valence-electron chi connectivity index (χ0n) is 18.5. The number of carbonyl (C=O) groups is 3. The number of aryl methyl sites for hydroxylation is 1. The number of hydrogen-bond donors (Lipinski definition) is 2. The van der Waals surface area contributed by atoms with E-state index in [0.29, 0.717) is 16.5 Å². The van der Waals surface area contributed by atoms with Crippen LogP contribution in [0.3, 0.4) is 0 Å². The molecule has 2 amide bonds. The highest BCUT2D eigenvalue weighted by Gasteiger charge is 2.25. The topological polar surface area (TPSA) is 138 Å². The molecule has 33 heavy (non-hydrogen) atoms. The third-order valence-electron chi connectivity index (χ3n) is 4.72. The van der Waals surface area contributed by atoms with Gasteiger partial charge in [0.05, 0.1) is 23.3 Å². The number of nitrogens with two attached hydrogens (primary N) is 1. The number of nitrogens with one attached hydrogen (secondary N) is 1. The van der Waals surface area contributed by atoms with Crippen LogP contribution in [-0.2, 0) is 23.2 Å². The summed E-state index contributed by atoms with van der Waals surface area (Å²) in [5, 5.41) is 11.6. The summed E-state index contributed by atoms with van der Waals surface area (Å²) in [5.41, 5.74) is 6.87. The summed E-state index contributed by atoms with van der Waals surface area (Å²) in [4.78, 5) is 36.5. The molecule has 1 aromatic carbocycles. The molecule has 2 aromatic heterocycles. The van der Waals surface area contributed by atoms with E-state index in [-0.39, 0.29) is 33.7 Å². The van der Waals surface area contributed by atoms with Gasteiger partial charge in [0.1, 0.15) is 17.4 Å². The molecule has 3 N–H and O–H groups in total. The average molecular weight is 490 g/mol. The first-order chi connectivity index (χ1) is 15.7. The van der Waals surface area contributed by atoms with Gasteiger partial charge < -0.3 is 25.1 Å². The van der Waals surface area contributed by atoms with Crippen molar-refractivity contribution in [1.82, 2.24) is 14.8 Å². The Balaban J connectivity index is 1.64. The molecule has 0 saturated carbocycles. The van der Waals surface area contributed by atoms with E-state index >= 15 is 0 Å². The number of carbonyl (C=O) groups excluding carboxylic acids is 3. The van der Waals surface area contributed by atoms with Gasteiger partial charge in [-0.05, 0) is 31.0 Å². The molecule has 0 aliphatic heterocycles. The van der Waals surface area contributed by atoms with Gasteiger partial charge in [-0.15, -0.1) is 21.5 Å². The molecule has 0 bridgehead atoms. The van der Waals surface area contributed by atoms with E-state index in [2.05, 4.69) is 15.5 Å². The van der Waals surface area contributed by atoms with Crippen LogP contribution >= 0.6 is 23.1 Å². The molecule has 0 fully saturated rings. The molecule has 0 saturated heterocycles. The summed E-state index contributed by atoms with van der Waals surface area (Å²) in [7, 11) is 3.01. The Morgan fingerprint density at radius 2 is 1.94 bits per heavy atom. The van der Waals surface area contributed by atoms with Crippen molar-refractivity contribution < 1.29 is 23.9 Å². The summed E-state index contributed by atoms with van der Waals surface area (Å²) >= 11 is 2.11. The number of rotatable bonds is 9. The largest absolute Gasteiger partial charge is 0.485 e. The van der Waals surface area contributed by atoms with Crippen molar-refractivity contribution in [3.8, 4) is 5.75 Å². The van der Waals surface area contributed by atoms with Crippen LogP contribution in [0.5, 0.6) is 5.75 Å². The second kappa shape index (κ2) is 10.5. The number of esters is 1. The fraction of sp³-hybridized carbons (Fsp3) is 0.286. The Morgan fingerprint density at radius 3 is 2.61 bits per heavy atom. The summed E-state index contributed by atoms with van der Waals surface area (Å²) in [6.07, 6.45) is 0. The van der Waals surface area contributed by atoms with Gasteiger partial charge in [-0.1, -0.05) is 30.0 Å². The maximum atomic E-state index is 12.5. The molecule has 0 atom stereocenters. The fourth-order valence-electron chi connectivity index (χ4n) is 2.93. The van der Waals surface area contributed by atoms with Crippen molar-refractivity contribution in [3.05, 3.63) is 51.7 Å². The minimum atomic E-state index is -0.683. The maximum Gasteiger partial charge on any atom is 0.341 e. The quantitative estimate of drug-likeness (QED) is 0.346. The Kier molecular flexibility index (Phi) is 7.71. The Hall–Kier alpha value is -3.38. The lowest BCUT2D eigenvalue weighted by Gasteiger charge is -2.09. The van der Waals surface area contributed by atoms with Crippen LogP contribution in [0.2, 0.25) is 0 Å². The van der Waals surface area contributed by atoms with Gasteiger partial charge in [-0.3, -0.25) is 9.59 Å². The van der Waals surface area contributed by atoms with Crippen LogP contribution in [0.4, 0.5) is 5.00 Å². The average Bonchev–Trinajstić information content (AvgIpc) is 3.30. The number of benzene rings is 1. The molecule has 0 unspecified atom stereocenters. The number of aromatic nitrogens is 3. The predicted molar refractivity (Wildman–Crippen MR) is 125 cm³/mol. The SMILES string of the molecule is COC(=O)c1c(NC(=O)CSc2nnc(COc3ccccc3C)n2C)sc(C(N)=O)c1C. The van der Waals surface area contributed by atoms with Crippen molar-refractivity contribution in [2.75, 3.05) is 18.2 Å². The highest BCUT2D eigenvalue weighted by atomic mass is 32.2. The summed E-state index contributed by atoms with van der Waals surface area (Å²) in [6.45, 7) is 3.76. The van der Waals surface area contributed by atoms with Gasteiger partial charge >= 0.3 is 5.97 Å². The normalized spacial score (nSPS) is 10.7. The van der Waals surface area contributed by atoms with E-state index < -0.39 is 11.9 Å². The third kappa shape index (κ3) is 5.52. The van der Waals surface area contributed by atoms with E-state index in [1.165, 1.54) is 18.9 Å². The van der Waals surface area contributed by atoms with E-state index in [4.69, 9.17) is 15.2 Å². The minimum Gasteiger partial charge on any atom is -0.485 e. The number of thiophene rings is 1. The van der Waals surface area contributed by atoms with Crippen LogP contribution < -0.4 is 15.8 Å². The summed E-state index contributed by atoms with van der Waals surface area (Å²) in [5.74, 6) is -0.356. The first kappa shape index (κ1) is 24.3. The lowest BCUT2D eigenvalue weighted by molar-refractivity contribution is -0.113. The van der Waals surface area contributed by atoms with Crippen molar-refractivity contribution in [2.24, 2.45) is 12.8 Å². The van der Waals surface area contributed by atoms with Gasteiger partial charge in [-0.2, -0.15) is 0 Å². The highest BCUT2D eigenvalue weighted by Crippen LogP contribution is 2.33. The van der Waals surface area contributed by atoms with Crippen LogP contribution in [0.1, 0.15) is 37.0 Å². The van der Waals surface area contributed by atoms with E-state index in [1.54, 1.807) is 18.5 Å². The highest BCUT2D eigenvalue weighted by molar-refractivity contribution is 7.99. The molecule has 12 heteroatoms. The van der Waals surface area contributed by atoms with Gasteiger partial charge in [0.25, 0.3) is 5.91 Å². The van der Waals surface area contributed by atoms with E-state index in [9.17, 15) is 14.4 Å². The zero-order valence-corrected chi connectivity index (χ0v) is 20.1. The monoisotopic (exact) mass is 489 g/mol. The van der Waals surface area contributed by atoms with E-state index in [1.807, 2.05) is 31.2 Å². The fourth-order valence-corrected chi connectivity index (χ4v) is 4.73.